The van der Waals surface area contributed by atoms with Crippen LogP contribution in [0.3, 0.4) is 0 Å². The van der Waals surface area contributed by atoms with Gasteiger partial charge in [-0.1, -0.05) is 0 Å². The summed E-state index contributed by atoms with van der Waals surface area (Å²) < 4.78 is 44.8. The maximum atomic E-state index is 14.1. The Bertz CT molecular complexity index is 815. The van der Waals surface area contributed by atoms with Gasteiger partial charge in [-0.3, -0.25) is 9.69 Å². The molecule has 0 unspecified atom stereocenters. The van der Waals surface area contributed by atoms with Crippen LogP contribution in [0.15, 0.2) is 18.2 Å². The number of carboxylic acid groups (broad SMARTS) is 1. The highest BCUT2D eigenvalue weighted by atomic mass is 32.2. The lowest BCUT2D eigenvalue weighted by atomic mass is 9.81. The van der Waals surface area contributed by atoms with E-state index in [4.69, 9.17) is 4.74 Å². The number of ether oxygens (including phenoxy) is 1. The Balaban J connectivity index is 1.80. The van der Waals surface area contributed by atoms with Crippen LogP contribution in [0.2, 0.25) is 0 Å². The fourth-order valence-electron chi connectivity index (χ4n) is 3.98. The van der Waals surface area contributed by atoms with Crippen molar-refractivity contribution in [2.45, 2.75) is 13.5 Å². The average molecular weight is 386 g/mol. The minimum absolute atomic E-state index is 0.0275. The van der Waals surface area contributed by atoms with Gasteiger partial charge < -0.3 is 9.84 Å². The van der Waals surface area contributed by atoms with Crippen molar-refractivity contribution in [3.05, 3.63) is 29.6 Å². The molecule has 0 aromatic heterocycles. The number of fused-ring (bicyclic) bond motifs is 1. The van der Waals surface area contributed by atoms with E-state index in [0.717, 1.165) is 0 Å². The van der Waals surface area contributed by atoms with Gasteiger partial charge in [-0.15, -0.1) is 0 Å². The number of nitrogens with zero attached hydrogens (tertiary/aromatic N) is 2. The lowest BCUT2D eigenvalue weighted by Gasteiger charge is -2.25. The number of rotatable bonds is 6. The first-order valence-electron chi connectivity index (χ1n) is 8.48. The number of likely N-dealkylation sites (tertiary alicyclic amines) is 1. The van der Waals surface area contributed by atoms with Crippen molar-refractivity contribution >= 4 is 16.0 Å². The molecule has 2 heterocycles. The second-order valence-corrected chi connectivity index (χ2v) is 9.24. The standard InChI is InChI=1S/C17H23FN2O5S/c1-3-26(23,24)20-9-13-8-19(10-17(13,11-20)16(21)22)7-12-6-14(25-2)4-5-15(12)18/h4-6,13H,3,7-11H2,1-2H3,(H,21,22)/t13-,17-/m1/s1. The maximum absolute atomic E-state index is 14.1. The molecule has 0 amide bonds. The molecule has 2 aliphatic heterocycles. The van der Waals surface area contributed by atoms with E-state index in [1.54, 1.807) is 13.0 Å². The number of hydrogen-bond acceptors (Lipinski definition) is 5. The summed E-state index contributed by atoms with van der Waals surface area (Å²) in [7, 11) is -1.93. The Morgan fingerprint density at radius 1 is 1.38 bits per heavy atom. The molecular formula is C17H23FN2O5S. The normalized spacial score (nSPS) is 26.8. The zero-order chi connectivity index (χ0) is 19.1. The van der Waals surface area contributed by atoms with Crippen LogP contribution >= 0.6 is 0 Å². The molecule has 0 bridgehead atoms. The Hall–Kier alpha value is -1.71. The molecule has 3 rings (SSSR count). The zero-order valence-electron chi connectivity index (χ0n) is 14.8. The van der Waals surface area contributed by atoms with E-state index in [-0.39, 0.29) is 43.7 Å². The highest BCUT2D eigenvalue weighted by Crippen LogP contribution is 2.44. The van der Waals surface area contributed by atoms with Crippen molar-refractivity contribution in [3.63, 3.8) is 0 Å². The Morgan fingerprint density at radius 3 is 2.69 bits per heavy atom. The van der Waals surface area contributed by atoms with Gasteiger partial charge in [0.25, 0.3) is 0 Å². The highest BCUT2D eigenvalue weighted by molar-refractivity contribution is 7.89. The van der Waals surface area contributed by atoms with E-state index >= 15 is 0 Å². The van der Waals surface area contributed by atoms with Crippen LogP contribution in [0.4, 0.5) is 4.39 Å². The molecule has 1 aromatic rings. The van der Waals surface area contributed by atoms with Crippen LogP contribution in [0, 0.1) is 17.2 Å². The summed E-state index contributed by atoms with van der Waals surface area (Å²) in [5.41, 5.74) is -0.708. The molecule has 2 saturated heterocycles. The van der Waals surface area contributed by atoms with E-state index in [1.807, 2.05) is 4.90 Å². The van der Waals surface area contributed by atoms with Gasteiger partial charge >= 0.3 is 5.97 Å². The minimum Gasteiger partial charge on any atom is -0.497 e. The molecule has 0 saturated carbocycles. The lowest BCUT2D eigenvalue weighted by Crippen LogP contribution is -2.42. The molecule has 0 aliphatic carbocycles. The number of carbonyl (C=O) groups is 1. The summed E-state index contributed by atoms with van der Waals surface area (Å²) in [6.07, 6.45) is 0. The smallest absolute Gasteiger partial charge is 0.312 e. The van der Waals surface area contributed by atoms with Crippen LogP contribution in [0.5, 0.6) is 5.75 Å². The minimum atomic E-state index is -3.43. The fraction of sp³-hybridized carbons (Fsp3) is 0.588. The Kier molecular flexibility index (Phi) is 4.98. The number of carboxylic acids is 1. The van der Waals surface area contributed by atoms with Crippen LogP contribution in [-0.2, 0) is 21.4 Å². The molecular weight excluding hydrogens is 363 g/mol. The van der Waals surface area contributed by atoms with Gasteiger partial charge in [0.2, 0.25) is 10.0 Å². The van der Waals surface area contributed by atoms with Gasteiger partial charge in [0.05, 0.1) is 18.3 Å². The van der Waals surface area contributed by atoms with Crippen molar-refractivity contribution in [2.24, 2.45) is 11.3 Å². The number of benzene rings is 1. The van der Waals surface area contributed by atoms with Gasteiger partial charge in [-0.05, 0) is 25.1 Å². The fourth-order valence-corrected chi connectivity index (χ4v) is 5.18. The molecule has 144 valence electrons. The number of sulfonamides is 1. The molecule has 1 aromatic carbocycles. The van der Waals surface area contributed by atoms with Gasteiger partial charge in [0.15, 0.2) is 0 Å². The summed E-state index contributed by atoms with van der Waals surface area (Å²) in [6, 6.07) is 4.46. The molecule has 0 spiro atoms. The SMILES string of the molecule is CCS(=O)(=O)N1C[C@H]2CN(Cc3cc(OC)ccc3F)C[C@@]2(C(=O)O)C1. The predicted octanol–water partition coefficient (Wildman–Crippen LogP) is 1.00. The zero-order valence-corrected chi connectivity index (χ0v) is 15.6. The first kappa shape index (κ1) is 19.1. The lowest BCUT2D eigenvalue weighted by molar-refractivity contribution is -0.148. The van der Waals surface area contributed by atoms with Gasteiger partial charge in [-0.25, -0.2) is 17.1 Å². The number of methoxy groups -OCH3 is 1. The molecule has 2 aliphatic rings. The molecule has 0 radical (unpaired) electrons. The molecule has 7 nitrogen and oxygen atoms in total. The highest BCUT2D eigenvalue weighted by Gasteiger charge is 2.59. The van der Waals surface area contributed by atoms with Gasteiger partial charge in [0, 0.05) is 44.2 Å². The third kappa shape index (κ3) is 3.19. The summed E-state index contributed by atoms with van der Waals surface area (Å²) >= 11 is 0. The van der Waals surface area contributed by atoms with Crippen molar-refractivity contribution < 1.29 is 27.4 Å². The summed E-state index contributed by atoms with van der Waals surface area (Å²) in [6.45, 7) is 2.59. The number of hydrogen-bond donors (Lipinski definition) is 1. The van der Waals surface area contributed by atoms with Crippen LogP contribution < -0.4 is 4.74 Å². The average Bonchev–Trinajstić information content (AvgIpc) is 3.12. The number of aliphatic carboxylic acids is 1. The maximum Gasteiger partial charge on any atom is 0.312 e. The largest absolute Gasteiger partial charge is 0.497 e. The first-order valence-corrected chi connectivity index (χ1v) is 10.1. The Labute approximate surface area is 152 Å². The predicted molar refractivity (Wildman–Crippen MR) is 92.8 cm³/mol. The molecule has 1 N–H and O–H groups in total. The van der Waals surface area contributed by atoms with E-state index < -0.39 is 21.4 Å². The van der Waals surface area contributed by atoms with Crippen molar-refractivity contribution in [1.29, 1.82) is 0 Å². The molecule has 9 heteroatoms. The third-order valence-corrected chi connectivity index (χ3v) is 7.27. The third-order valence-electron chi connectivity index (χ3n) is 5.48. The topological polar surface area (TPSA) is 87.2 Å². The number of halogens is 1. The van der Waals surface area contributed by atoms with E-state index in [0.29, 0.717) is 17.9 Å². The summed E-state index contributed by atoms with van der Waals surface area (Å²) in [4.78, 5) is 13.9. The quantitative estimate of drug-likeness (QED) is 0.785. The van der Waals surface area contributed by atoms with E-state index in [1.165, 1.54) is 23.5 Å². The van der Waals surface area contributed by atoms with Gasteiger partial charge in [-0.2, -0.15) is 0 Å². The van der Waals surface area contributed by atoms with E-state index in [9.17, 15) is 22.7 Å². The molecule has 26 heavy (non-hydrogen) atoms. The Morgan fingerprint density at radius 2 is 2.12 bits per heavy atom. The molecule has 2 atom stereocenters. The van der Waals surface area contributed by atoms with Crippen LogP contribution in [-0.4, -0.2) is 67.7 Å². The second kappa shape index (κ2) is 6.79. The van der Waals surface area contributed by atoms with Crippen LogP contribution in [0.25, 0.3) is 0 Å². The van der Waals surface area contributed by atoms with Gasteiger partial charge in [0.1, 0.15) is 11.6 Å². The first-order chi connectivity index (χ1) is 12.2. The molecule has 2 fully saturated rings. The second-order valence-electron chi connectivity index (χ2n) is 6.98. The summed E-state index contributed by atoms with van der Waals surface area (Å²) in [5.74, 6) is -1.19. The van der Waals surface area contributed by atoms with Crippen molar-refractivity contribution in [2.75, 3.05) is 39.0 Å². The van der Waals surface area contributed by atoms with Crippen molar-refractivity contribution in [1.82, 2.24) is 9.21 Å². The monoisotopic (exact) mass is 386 g/mol. The summed E-state index contributed by atoms with van der Waals surface area (Å²) in [5, 5.41) is 9.81. The van der Waals surface area contributed by atoms with Crippen LogP contribution in [0.1, 0.15) is 12.5 Å². The van der Waals surface area contributed by atoms with Crippen molar-refractivity contribution in [3.8, 4) is 5.75 Å². The van der Waals surface area contributed by atoms with E-state index in [2.05, 4.69) is 0 Å².